The van der Waals surface area contributed by atoms with E-state index in [1.807, 2.05) is 24.5 Å². The van der Waals surface area contributed by atoms with Gasteiger partial charge in [-0.1, -0.05) is 23.4 Å². The number of hydrogen-bond donors (Lipinski definition) is 1. The van der Waals surface area contributed by atoms with E-state index < -0.39 is 5.97 Å². The Morgan fingerprint density at radius 2 is 2.19 bits per heavy atom. The molecule has 2 rings (SSSR count). The molecule has 0 fully saturated rings. The molecule has 7 heteroatoms. The zero-order chi connectivity index (χ0) is 15.6. The summed E-state index contributed by atoms with van der Waals surface area (Å²) in [4.78, 5) is 15.0. The Morgan fingerprint density at radius 1 is 1.48 bits per heavy atom. The second-order valence-electron chi connectivity index (χ2n) is 4.47. The van der Waals surface area contributed by atoms with Crippen LogP contribution >= 0.6 is 23.4 Å². The number of aryl methyl sites for hydroxylation is 2. The molecule has 0 unspecified atom stereocenters. The van der Waals surface area contributed by atoms with Crippen LogP contribution in [0.15, 0.2) is 23.5 Å². The second kappa shape index (κ2) is 6.41. The Morgan fingerprint density at radius 3 is 2.81 bits per heavy atom. The summed E-state index contributed by atoms with van der Waals surface area (Å²) in [6.45, 7) is 3.81. The average molecular weight is 327 g/mol. The minimum Gasteiger partial charge on any atom is -0.495 e. The Bertz CT molecular complexity index is 685. The summed E-state index contributed by atoms with van der Waals surface area (Å²) in [6, 6.07) is 3.65. The smallest absolute Gasteiger partial charge is 0.313 e. The topological polar surface area (TPSA) is 64.4 Å². The summed E-state index contributed by atoms with van der Waals surface area (Å²) in [7, 11) is 1.57. The van der Waals surface area contributed by atoms with Gasteiger partial charge in [-0.2, -0.15) is 0 Å². The van der Waals surface area contributed by atoms with Crippen molar-refractivity contribution in [2.75, 3.05) is 12.9 Å². The molecule has 0 saturated carbocycles. The molecule has 0 spiro atoms. The standard InChI is InChI=1S/C14H15ClN2O3S/c1-8-4-11(12(20-3)5-10(8)15)17-9(2)6-16-14(17)21-7-13(18)19/h4-6H,7H2,1-3H3,(H,18,19). The fraction of sp³-hybridized carbons (Fsp3) is 0.286. The van der Waals surface area contributed by atoms with Gasteiger partial charge in [0.15, 0.2) is 5.16 Å². The fourth-order valence-electron chi connectivity index (χ4n) is 1.92. The average Bonchev–Trinajstić information content (AvgIpc) is 2.80. The number of thioether (sulfide) groups is 1. The van der Waals surface area contributed by atoms with Crippen molar-refractivity contribution in [3.63, 3.8) is 0 Å². The normalized spacial score (nSPS) is 10.7. The first kappa shape index (κ1) is 15.7. The van der Waals surface area contributed by atoms with Crippen LogP contribution in [-0.2, 0) is 4.79 Å². The Labute approximate surface area is 131 Å². The Balaban J connectivity index is 2.53. The number of methoxy groups -OCH3 is 1. The maximum Gasteiger partial charge on any atom is 0.313 e. The monoisotopic (exact) mass is 326 g/mol. The third kappa shape index (κ3) is 3.33. The maximum absolute atomic E-state index is 10.7. The number of ether oxygens (including phenoxy) is 1. The third-order valence-corrected chi connectivity index (χ3v) is 4.28. The van der Waals surface area contributed by atoms with Crippen LogP contribution in [0.4, 0.5) is 0 Å². The molecule has 0 bridgehead atoms. The highest BCUT2D eigenvalue weighted by molar-refractivity contribution is 7.99. The van der Waals surface area contributed by atoms with Crippen LogP contribution in [0, 0.1) is 13.8 Å². The maximum atomic E-state index is 10.7. The van der Waals surface area contributed by atoms with E-state index in [0.29, 0.717) is 15.9 Å². The molecule has 5 nitrogen and oxygen atoms in total. The van der Waals surface area contributed by atoms with Crippen LogP contribution in [0.25, 0.3) is 5.69 Å². The highest BCUT2D eigenvalue weighted by atomic mass is 35.5. The molecule has 0 aliphatic heterocycles. The molecule has 1 aromatic heterocycles. The molecule has 1 N–H and O–H groups in total. The van der Waals surface area contributed by atoms with Crippen LogP contribution in [-0.4, -0.2) is 33.5 Å². The summed E-state index contributed by atoms with van der Waals surface area (Å²) in [5.41, 5.74) is 2.60. The molecule has 0 amide bonds. The predicted octanol–water partition coefficient (Wildman–Crippen LogP) is 3.33. The number of halogens is 1. The van der Waals surface area contributed by atoms with Crippen LogP contribution in [0.1, 0.15) is 11.3 Å². The van der Waals surface area contributed by atoms with Crippen molar-refractivity contribution >= 4 is 29.3 Å². The molecule has 112 valence electrons. The highest BCUT2D eigenvalue weighted by Gasteiger charge is 2.16. The minimum atomic E-state index is -0.883. The van der Waals surface area contributed by atoms with Crippen molar-refractivity contribution in [1.82, 2.24) is 9.55 Å². The van der Waals surface area contributed by atoms with E-state index in [4.69, 9.17) is 21.4 Å². The summed E-state index contributed by atoms with van der Waals surface area (Å²) in [6.07, 6.45) is 1.70. The van der Waals surface area contributed by atoms with Gasteiger partial charge in [0.2, 0.25) is 0 Å². The first-order chi connectivity index (χ1) is 9.93. The van der Waals surface area contributed by atoms with Crippen molar-refractivity contribution < 1.29 is 14.6 Å². The van der Waals surface area contributed by atoms with Crippen molar-refractivity contribution in [2.24, 2.45) is 0 Å². The number of carboxylic acids is 1. The summed E-state index contributed by atoms with van der Waals surface area (Å²) in [5, 5.41) is 10.0. The molecular weight excluding hydrogens is 312 g/mol. The van der Waals surface area contributed by atoms with Gasteiger partial charge in [-0.3, -0.25) is 9.36 Å². The molecular formula is C14H15ClN2O3S. The van der Waals surface area contributed by atoms with E-state index in [2.05, 4.69) is 4.98 Å². The van der Waals surface area contributed by atoms with Crippen LogP contribution < -0.4 is 4.74 Å². The van der Waals surface area contributed by atoms with Gasteiger partial charge in [0, 0.05) is 23.0 Å². The van der Waals surface area contributed by atoms with Crippen LogP contribution in [0.5, 0.6) is 5.75 Å². The van der Waals surface area contributed by atoms with E-state index in [9.17, 15) is 4.79 Å². The molecule has 0 radical (unpaired) electrons. The zero-order valence-corrected chi connectivity index (χ0v) is 13.5. The van der Waals surface area contributed by atoms with Crippen LogP contribution in [0.3, 0.4) is 0 Å². The van der Waals surface area contributed by atoms with Gasteiger partial charge in [-0.05, 0) is 25.5 Å². The van der Waals surface area contributed by atoms with Gasteiger partial charge in [0.1, 0.15) is 5.75 Å². The van der Waals surface area contributed by atoms with Gasteiger partial charge in [-0.15, -0.1) is 0 Å². The van der Waals surface area contributed by atoms with Crippen molar-refractivity contribution in [2.45, 2.75) is 19.0 Å². The number of carboxylic acid groups (broad SMARTS) is 1. The predicted molar refractivity (Wildman–Crippen MR) is 83.0 cm³/mol. The lowest BCUT2D eigenvalue weighted by Crippen LogP contribution is -2.05. The summed E-state index contributed by atoms with van der Waals surface area (Å²) < 4.78 is 7.25. The first-order valence-electron chi connectivity index (χ1n) is 6.17. The van der Waals surface area contributed by atoms with E-state index >= 15 is 0 Å². The van der Waals surface area contributed by atoms with E-state index in [1.54, 1.807) is 19.4 Å². The van der Waals surface area contributed by atoms with E-state index in [-0.39, 0.29) is 5.75 Å². The molecule has 0 aliphatic rings. The summed E-state index contributed by atoms with van der Waals surface area (Å²) in [5.74, 6) is -0.318. The Hall–Kier alpha value is -1.66. The number of aliphatic carboxylic acids is 1. The van der Waals surface area contributed by atoms with Crippen molar-refractivity contribution in [3.05, 3.63) is 34.6 Å². The fourth-order valence-corrected chi connectivity index (χ4v) is 2.83. The lowest BCUT2D eigenvalue weighted by atomic mass is 10.2. The SMILES string of the molecule is COc1cc(Cl)c(C)cc1-n1c(C)cnc1SCC(=O)O. The van der Waals surface area contributed by atoms with Crippen molar-refractivity contribution in [3.8, 4) is 11.4 Å². The zero-order valence-electron chi connectivity index (χ0n) is 11.9. The molecule has 0 aliphatic carbocycles. The summed E-state index contributed by atoms with van der Waals surface area (Å²) >= 11 is 7.28. The number of rotatable bonds is 5. The van der Waals surface area contributed by atoms with Gasteiger partial charge >= 0.3 is 5.97 Å². The van der Waals surface area contributed by atoms with Gasteiger partial charge in [0.05, 0.1) is 18.6 Å². The number of nitrogens with zero attached hydrogens (tertiary/aromatic N) is 2. The Kier molecular flexibility index (Phi) is 4.80. The molecule has 0 saturated heterocycles. The van der Waals surface area contributed by atoms with E-state index in [1.165, 1.54) is 0 Å². The quantitative estimate of drug-likeness (QED) is 0.854. The minimum absolute atomic E-state index is 0.0503. The molecule has 2 aromatic rings. The number of imidazole rings is 1. The highest BCUT2D eigenvalue weighted by Crippen LogP contribution is 2.33. The second-order valence-corrected chi connectivity index (χ2v) is 5.82. The largest absolute Gasteiger partial charge is 0.495 e. The van der Waals surface area contributed by atoms with Gasteiger partial charge in [0.25, 0.3) is 0 Å². The lowest BCUT2D eigenvalue weighted by Gasteiger charge is -2.15. The number of benzene rings is 1. The van der Waals surface area contributed by atoms with Crippen LogP contribution in [0.2, 0.25) is 5.02 Å². The van der Waals surface area contributed by atoms with E-state index in [0.717, 1.165) is 28.7 Å². The van der Waals surface area contributed by atoms with Crippen molar-refractivity contribution in [1.29, 1.82) is 0 Å². The molecule has 0 atom stereocenters. The third-order valence-electron chi connectivity index (χ3n) is 2.93. The van der Waals surface area contributed by atoms with Gasteiger partial charge < -0.3 is 9.84 Å². The first-order valence-corrected chi connectivity index (χ1v) is 7.54. The van der Waals surface area contributed by atoms with Gasteiger partial charge in [-0.25, -0.2) is 4.98 Å². The number of hydrogen-bond acceptors (Lipinski definition) is 4. The number of aromatic nitrogens is 2. The molecule has 1 aromatic carbocycles. The molecule has 21 heavy (non-hydrogen) atoms. The molecule has 1 heterocycles. The lowest BCUT2D eigenvalue weighted by molar-refractivity contribution is -0.133. The number of carbonyl (C=O) groups is 1.